The zero-order chi connectivity index (χ0) is 19.1. The molecular weight excluding hydrogens is 336 g/mol. The molecule has 2 aromatic carbocycles. The van der Waals surface area contributed by atoms with E-state index in [0.717, 1.165) is 5.56 Å². The highest BCUT2D eigenvalue weighted by atomic mass is 16.5. The summed E-state index contributed by atoms with van der Waals surface area (Å²) in [5.74, 6) is 1.55. The van der Waals surface area contributed by atoms with E-state index in [0.29, 0.717) is 34.1 Å². The quantitative estimate of drug-likeness (QED) is 0.429. The largest absolute Gasteiger partial charge is 0.497 e. The van der Waals surface area contributed by atoms with Crippen molar-refractivity contribution in [3.05, 3.63) is 47.5 Å². The first-order chi connectivity index (χ1) is 12.6. The molecule has 0 unspecified atom stereocenters. The zero-order valence-electron chi connectivity index (χ0n) is 15.5. The molecule has 0 fully saturated rings. The van der Waals surface area contributed by atoms with Crippen LogP contribution in [0.3, 0.4) is 0 Å². The Morgan fingerprint density at radius 1 is 0.846 bits per heavy atom. The van der Waals surface area contributed by atoms with Crippen LogP contribution >= 0.6 is 0 Å². The third-order valence-corrected chi connectivity index (χ3v) is 3.79. The van der Waals surface area contributed by atoms with Crippen molar-refractivity contribution >= 4 is 17.6 Å². The van der Waals surface area contributed by atoms with Crippen molar-refractivity contribution in [2.24, 2.45) is 0 Å². The van der Waals surface area contributed by atoms with Crippen LogP contribution in [0.5, 0.6) is 23.0 Å². The van der Waals surface area contributed by atoms with Gasteiger partial charge in [-0.1, -0.05) is 12.1 Å². The molecule has 26 heavy (non-hydrogen) atoms. The molecule has 6 heteroatoms. The van der Waals surface area contributed by atoms with Crippen LogP contribution in [-0.2, 0) is 9.53 Å². The van der Waals surface area contributed by atoms with E-state index < -0.39 is 5.97 Å². The highest BCUT2D eigenvalue weighted by molar-refractivity contribution is 6.21. The normalized spacial score (nSPS) is 10.9. The van der Waals surface area contributed by atoms with E-state index >= 15 is 0 Å². The molecule has 0 heterocycles. The maximum atomic E-state index is 12.4. The van der Waals surface area contributed by atoms with Gasteiger partial charge in [0.15, 0.2) is 11.5 Å². The van der Waals surface area contributed by atoms with Crippen molar-refractivity contribution < 1.29 is 28.5 Å². The second-order valence-corrected chi connectivity index (χ2v) is 5.24. The minimum Gasteiger partial charge on any atom is -0.497 e. The Hall–Kier alpha value is -3.15. The molecule has 0 aromatic heterocycles. The number of carbonyl (C=O) groups excluding carboxylic acids is 1. The van der Waals surface area contributed by atoms with Crippen molar-refractivity contribution in [3.63, 3.8) is 0 Å². The molecule has 0 saturated heterocycles. The van der Waals surface area contributed by atoms with Crippen LogP contribution in [0, 0.1) is 0 Å². The fraction of sp³-hybridized carbons (Fsp3) is 0.250. The molecular formula is C20H22O6. The first-order valence-corrected chi connectivity index (χ1v) is 7.82. The molecule has 6 nitrogen and oxygen atoms in total. The Morgan fingerprint density at radius 2 is 1.50 bits per heavy atom. The van der Waals surface area contributed by atoms with Gasteiger partial charge in [-0.2, -0.15) is 0 Å². The maximum Gasteiger partial charge on any atom is 0.338 e. The summed E-state index contributed by atoms with van der Waals surface area (Å²) in [6.07, 6.45) is 1.72. The average Bonchev–Trinajstić information content (AvgIpc) is 2.70. The van der Waals surface area contributed by atoms with Gasteiger partial charge in [0.05, 0.1) is 41.1 Å². The Balaban J connectivity index is 2.64. The lowest BCUT2D eigenvalue weighted by Crippen LogP contribution is -2.05. The van der Waals surface area contributed by atoms with Gasteiger partial charge in [0, 0.05) is 0 Å². The first kappa shape index (κ1) is 19.2. The van der Waals surface area contributed by atoms with E-state index in [2.05, 4.69) is 0 Å². The SMILES string of the molecule is COC(=O)/C(=C\c1cccc(OC)c1)c1cc(OC)c(OC)c(OC)c1. The molecule has 0 radical (unpaired) electrons. The van der Waals surface area contributed by atoms with Gasteiger partial charge in [-0.05, 0) is 41.5 Å². The summed E-state index contributed by atoms with van der Waals surface area (Å²) < 4.78 is 26.2. The van der Waals surface area contributed by atoms with Gasteiger partial charge >= 0.3 is 5.97 Å². The molecule has 2 aromatic rings. The minimum atomic E-state index is -0.484. The predicted octanol–water partition coefficient (Wildman–Crippen LogP) is 3.43. The molecule has 0 aliphatic carbocycles. The third kappa shape index (κ3) is 4.08. The van der Waals surface area contributed by atoms with Crippen LogP contribution in [0.1, 0.15) is 11.1 Å². The molecule has 0 spiro atoms. The van der Waals surface area contributed by atoms with Gasteiger partial charge in [0.2, 0.25) is 5.75 Å². The van der Waals surface area contributed by atoms with Gasteiger partial charge in [-0.3, -0.25) is 0 Å². The Morgan fingerprint density at radius 3 is 2.00 bits per heavy atom. The summed E-state index contributed by atoms with van der Waals surface area (Å²) in [7, 11) is 7.48. The van der Waals surface area contributed by atoms with Crippen molar-refractivity contribution in [1.29, 1.82) is 0 Å². The smallest absolute Gasteiger partial charge is 0.338 e. The number of ether oxygens (including phenoxy) is 5. The number of methoxy groups -OCH3 is 5. The van der Waals surface area contributed by atoms with E-state index in [4.69, 9.17) is 23.7 Å². The molecule has 0 N–H and O–H groups in total. The number of rotatable bonds is 7. The van der Waals surface area contributed by atoms with Gasteiger partial charge in [0.25, 0.3) is 0 Å². The lowest BCUT2D eigenvalue weighted by atomic mass is 10.0. The van der Waals surface area contributed by atoms with E-state index in [-0.39, 0.29) is 0 Å². The molecule has 2 rings (SSSR count). The van der Waals surface area contributed by atoms with Crippen molar-refractivity contribution in [2.75, 3.05) is 35.5 Å². The minimum absolute atomic E-state index is 0.347. The maximum absolute atomic E-state index is 12.4. The topological polar surface area (TPSA) is 63.2 Å². The van der Waals surface area contributed by atoms with E-state index in [1.165, 1.54) is 28.4 Å². The summed E-state index contributed by atoms with van der Waals surface area (Å²) in [5.41, 5.74) is 1.72. The van der Waals surface area contributed by atoms with Gasteiger partial charge in [0.1, 0.15) is 5.75 Å². The number of hydrogen-bond acceptors (Lipinski definition) is 6. The third-order valence-electron chi connectivity index (χ3n) is 3.79. The predicted molar refractivity (Wildman–Crippen MR) is 99.0 cm³/mol. The number of esters is 1. The molecule has 0 amide bonds. The highest BCUT2D eigenvalue weighted by Crippen LogP contribution is 2.40. The molecule has 0 aliphatic rings. The number of carbonyl (C=O) groups is 1. The van der Waals surface area contributed by atoms with E-state index in [9.17, 15) is 4.79 Å². The van der Waals surface area contributed by atoms with Crippen LogP contribution in [0.4, 0.5) is 0 Å². The van der Waals surface area contributed by atoms with Crippen LogP contribution < -0.4 is 18.9 Å². The summed E-state index contributed by atoms with van der Waals surface area (Å²) in [5, 5.41) is 0. The molecule has 0 bridgehead atoms. The fourth-order valence-electron chi connectivity index (χ4n) is 2.50. The summed E-state index contributed by atoms with van der Waals surface area (Å²) in [6, 6.07) is 10.8. The number of hydrogen-bond donors (Lipinski definition) is 0. The van der Waals surface area contributed by atoms with Crippen LogP contribution in [0.2, 0.25) is 0 Å². The molecule has 0 saturated carbocycles. The van der Waals surface area contributed by atoms with Crippen LogP contribution in [0.15, 0.2) is 36.4 Å². The first-order valence-electron chi connectivity index (χ1n) is 7.82. The molecule has 138 valence electrons. The van der Waals surface area contributed by atoms with Crippen LogP contribution in [0.25, 0.3) is 11.6 Å². The Bertz CT molecular complexity index is 785. The van der Waals surface area contributed by atoms with E-state index in [1.807, 2.05) is 24.3 Å². The standard InChI is InChI=1S/C20H22O6/c1-22-15-8-6-7-13(9-15)10-16(20(21)26-5)14-11-17(23-2)19(25-4)18(12-14)24-3/h6-12H,1-5H3/b16-10-. The highest BCUT2D eigenvalue weighted by Gasteiger charge is 2.19. The number of benzene rings is 2. The molecule has 0 atom stereocenters. The second kappa shape index (κ2) is 8.80. The summed E-state index contributed by atoms with van der Waals surface area (Å²) >= 11 is 0. The average molecular weight is 358 g/mol. The van der Waals surface area contributed by atoms with Crippen molar-refractivity contribution in [3.8, 4) is 23.0 Å². The second-order valence-electron chi connectivity index (χ2n) is 5.24. The van der Waals surface area contributed by atoms with Gasteiger partial charge in [-0.25, -0.2) is 4.79 Å². The van der Waals surface area contributed by atoms with Crippen molar-refractivity contribution in [2.45, 2.75) is 0 Å². The monoisotopic (exact) mass is 358 g/mol. The molecule has 0 aliphatic heterocycles. The summed E-state index contributed by atoms with van der Waals surface area (Å²) in [6.45, 7) is 0. The summed E-state index contributed by atoms with van der Waals surface area (Å²) in [4.78, 5) is 12.4. The lowest BCUT2D eigenvalue weighted by Gasteiger charge is -2.15. The van der Waals surface area contributed by atoms with Gasteiger partial charge in [-0.15, -0.1) is 0 Å². The fourth-order valence-corrected chi connectivity index (χ4v) is 2.50. The lowest BCUT2D eigenvalue weighted by molar-refractivity contribution is -0.133. The van der Waals surface area contributed by atoms with Crippen molar-refractivity contribution in [1.82, 2.24) is 0 Å². The van der Waals surface area contributed by atoms with E-state index in [1.54, 1.807) is 25.3 Å². The van der Waals surface area contributed by atoms with Gasteiger partial charge < -0.3 is 23.7 Å². The van der Waals surface area contributed by atoms with Crippen LogP contribution in [-0.4, -0.2) is 41.5 Å². The Kier molecular flexibility index (Phi) is 6.49. The Labute approximate surface area is 152 Å². The zero-order valence-corrected chi connectivity index (χ0v) is 15.5.